The van der Waals surface area contributed by atoms with Crippen LogP contribution in [0.5, 0.6) is 0 Å². The Balaban J connectivity index is 2.05. The highest BCUT2D eigenvalue weighted by molar-refractivity contribution is 5.95. The van der Waals surface area contributed by atoms with Crippen molar-refractivity contribution in [1.82, 2.24) is 0 Å². The standard InChI is InChI=1S/C17H17N3O/c1-12(14-3-2-4-15(19)11-14)17(21)20-16-7-5-13(6-8-16)9-10-18/h2-8,11-12H,9,19H2,1H3,(H,20,21). The van der Waals surface area contributed by atoms with Crippen LogP contribution < -0.4 is 11.1 Å². The van der Waals surface area contributed by atoms with Crippen molar-refractivity contribution in [2.45, 2.75) is 19.3 Å². The summed E-state index contributed by atoms with van der Waals surface area (Å²) in [6.45, 7) is 1.84. The van der Waals surface area contributed by atoms with E-state index in [0.717, 1.165) is 16.8 Å². The fourth-order valence-electron chi connectivity index (χ4n) is 2.03. The van der Waals surface area contributed by atoms with Gasteiger partial charge in [0.2, 0.25) is 5.91 Å². The van der Waals surface area contributed by atoms with E-state index in [-0.39, 0.29) is 11.8 Å². The number of nitrogen functional groups attached to an aromatic ring is 1. The summed E-state index contributed by atoms with van der Waals surface area (Å²) in [4.78, 5) is 12.2. The third-order valence-corrected chi connectivity index (χ3v) is 3.31. The highest BCUT2D eigenvalue weighted by Crippen LogP contribution is 2.20. The average Bonchev–Trinajstić information content (AvgIpc) is 2.48. The maximum absolute atomic E-state index is 12.2. The second kappa shape index (κ2) is 6.58. The summed E-state index contributed by atoms with van der Waals surface area (Å²) in [5.74, 6) is -0.374. The first-order valence-electron chi connectivity index (χ1n) is 6.72. The summed E-state index contributed by atoms with van der Waals surface area (Å²) < 4.78 is 0. The molecule has 0 radical (unpaired) electrons. The van der Waals surface area contributed by atoms with Crippen molar-refractivity contribution >= 4 is 17.3 Å². The summed E-state index contributed by atoms with van der Waals surface area (Å²) in [5.41, 5.74) is 8.92. The van der Waals surface area contributed by atoms with Crippen LogP contribution in [0, 0.1) is 11.3 Å². The van der Waals surface area contributed by atoms with Gasteiger partial charge in [-0.1, -0.05) is 24.3 Å². The molecule has 0 bridgehead atoms. The van der Waals surface area contributed by atoms with Gasteiger partial charge in [-0.25, -0.2) is 0 Å². The average molecular weight is 279 g/mol. The van der Waals surface area contributed by atoms with Crippen LogP contribution in [0.4, 0.5) is 11.4 Å². The topological polar surface area (TPSA) is 78.9 Å². The number of nitrogens with two attached hydrogens (primary N) is 1. The third kappa shape index (κ3) is 3.83. The van der Waals surface area contributed by atoms with Gasteiger partial charge in [0.05, 0.1) is 18.4 Å². The predicted molar refractivity (Wildman–Crippen MR) is 83.7 cm³/mol. The Bertz CT molecular complexity index is 671. The van der Waals surface area contributed by atoms with Crippen molar-refractivity contribution in [3.05, 3.63) is 59.7 Å². The first-order valence-corrected chi connectivity index (χ1v) is 6.72. The van der Waals surface area contributed by atoms with Crippen molar-refractivity contribution in [2.75, 3.05) is 11.1 Å². The van der Waals surface area contributed by atoms with Gasteiger partial charge in [0, 0.05) is 11.4 Å². The molecule has 0 heterocycles. The molecule has 2 aromatic rings. The van der Waals surface area contributed by atoms with E-state index in [4.69, 9.17) is 11.0 Å². The molecule has 1 amide bonds. The molecule has 4 heteroatoms. The lowest BCUT2D eigenvalue weighted by molar-refractivity contribution is -0.117. The highest BCUT2D eigenvalue weighted by atomic mass is 16.1. The molecule has 2 rings (SSSR count). The molecule has 0 aromatic heterocycles. The molecule has 2 aromatic carbocycles. The van der Waals surface area contributed by atoms with Crippen molar-refractivity contribution in [1.29, 1.82) is 5.26 Å². The number of nitriles is 1. The Labute approximate surface area is 124 Å². The molecule has 4 nitrogen and oxygen atoms in total. The molecular weight excluding hydrogens is 262 g/mol. The van der Waals surface area contributed by atoms with Crippen LogP contribution >= 0.6 is 0 Å². The molecule has 0 aliphatic carbocycles. The summed E-state index contributed by atoms with van der Waals surface area (Å²) in [7, 11) is 0. The predicted octanol–water partition coefficient (Wildman–Crippen LogP) is 3.08. The Morgan fingerprint density at radius 2 is 2.00 bits per heavy atom. The molecule has 1 atom stereocenters. The first-order chi connectivity index (χ1) is 10.1. The quantitative estimate of drug-likeness (QED) is 0.844. The first kappa shape index (κ1) is 14.6. The fraction of sp³-hybridized carbons (Fsp3) is 0.176. The Hall–Kier alpha value is -2.80. The van der Waals surface area contributed by atoms with Gasteiger partial charge in [0.1, 0.15) is 0 Å². The summed E-state index contributed by atoms with van der Waals surface area (Å²) in [6, 6.07) is 16.7. The van der Waals surface area contributed by atoms with E-state index < -0.39 is 0 Å². The van der Waals surface area contributed by atoms with Crippen LogP contribution in [-0.2, 0) is 11.2 Å². The minimum Gasteiger partial charge on any atom is -0.399 e. The lowest BCUT2D eigenvalue weighted by atomic mass is 9.99. The van der Waals surface area contributed by atoms with Gasteiger partial charge in [-0.2, -0.15) is 5.26 Å². The zero-order chi connectivity index (χ0) is 15.2. The van der Waals surface area contributed by atoms with Gasteiger partial charge in [-0.05, 0) is 42.3 Å². The third-order valence-electron chi connectivity index (χ3n) is 3.31. The monoisotopic (exact) mass is 279 g/mol. The van der Waals surface area contributed by atoms with Crippen LogP contribution in [0.25, 0.3) is 0 Å². The molecule has 0 fully saturated rings. The van der Waals surface area contributed by atoms with Gasteiger partial charge in [-0.15, -0.1) is 0 Å². The summed E-state index contributed by atoms with van der Waals surface area (Å²) in [6.07, 6.45) is 0.369. The van der Waals surface area contributed by atoms with E-state index in [2.05, 4.69) is 11.4 Å². The highest BCUT2D eigenvalue weighted by Gasteiger charge is 2.15. The molecule has 21 heavy (non-hydrogen) atoms. The van der Waals surface area contributed by atoms with Crippen LogP contribution in [0.3, 0.4) is 0 Å². The van der Waals surface area contributed by atoms with Crippen LogP contribution in [0.2, 0.25) is 0 Å². The lowest BCUT2D eigenvalue weighted by Crippen LogP contribution is -2.18. The number of hydrogen-bond acceptors (Lipinski definition) is 3. The zero-order valence-corrected chi connectivity index (χ0v) is 11.8. The van der Waals surface area contributed by atoms with E-state index in [0.29, 0.717) is 12.1 Å². The molecule has 3 N–H and O–H groups in total. The Morgan fingerprint density at radius 3 is 2.62 bits per heavy atom. The number of nitrogens with one attached hydrogen (secondary N) is 1. The van der Waals surface area contributed by atoms with Gasteiger partial charge in [0.25, 0.3) is 0 Å². The van der Waals surface area contributed by atoms with E-state index in [1.165, 1.54) is 0 Å². The lowest BCUT2D eigenvalue weighted by Gasteiger charge is -2.13. The SMILES string of the molecule is CC(C(=O)Nc1ccc(CC#N)cc1)c1cccc(N)c1. The van der Waals surface area contributed by atoms with Gasteiger partial charge >= 0.3 is 0 Å². The zero-order valence-electron chi connectivity index (χ0n) is 11.8. The number of benzene rings is 2. The van der Waals surface area contributed by atoms with Crippen LogP contribution in [0.1, 0.15) is 24.0 Å². The number of nitrogens with zero attached hydrogens (tertiary/aromatic N) is 1. The van der Waals surface area contributed by atoms with Crippen molar-refractivity contribution < 1.29 is 4.79 Å². The summed E-state index contributed by atoms with van der Waals surface area (Å²) >= 11 is 0. The molecule has 0 spiro atoms. The molecular formula is C17H17N3O. The largest absolute Gasteiger partial charge is 0.399 e. The minimum absolute atomic E-state index is 0.0892. The molecule has 1 unspecified atom stereocenters. The Morgan fingerprint density at radius 1 is 1.29 bits per heavy atom. The van der Waals surface area contributed by atoms with Crippen molar-refractivity contribution in [2.24, 2.45) is 0 Å². The van der Waals surface area contributed by atoms with E-state index in [1.807, 2.05) is 31.2 Å². The van der Waals surface area contributed by atoms with Crippen LogP contribution in [0.15, 0.2) is 48.5 Å². The molecule has 0 aliphatic rings. The van der Waals surface area contributed by atoms with Gasteiger partial charge < -0.3 is 11.1 Å². The molecule has 106 valence electrons. The fourth-order valence-corrected chi connectivity index (χ4v) is 2.03. The van der Waals surface area contributed by atoms with Crippen LogP contribution in [-0.4, -0.2) is 5.91 Å². The van der Waals surface area contributed by atoms with Crippen molar-refractivity contribution in [3.8, 4) is 6.07 Å². The number of carbonyl (C=O) groups is 1. The molecule has 0 saturated heterocycles. The smallest absolute Gasteiger partial charge is 0.231 e. The van der Waals surface area contributed by atoms with E-state index in [9.17, 15) is 4.79 Å². The summed E-state index contributed by atoms with van der Waals surface area (Å²) in [5, 5.41) is 11.5. The van der Waals surface area contributed by atoms with E-state index in [1.54, 1.807) is 24.3 Å². The van der Waals surface area contributed by atoms with Gasteiger partial charge in [0.15, 0.2) is 0 Å². The normalized spacial score (nSPS) is 11.4. The van der Waals surface area contributed by atoms with Crippen molar-refractivity contribution in [3.63, 3.8) is 0 Å². The maximum atomic E-state index is 12.2. The van der Waals surface area contributed by atoms with E-state index >= 15 is 0 Å². The Kier molecular flexibility index (Phi) is 4.57. The number of rotatable bonds is 4. The second-order valence-corrected chi connectivity index (χ2v) is 4.91. The van der Waals surface area contributed by atoms with Gasteiger partial charge in [-0.3, -0.25) is 4.79 Å². The number of anilines is 2. The maximum Gasteiger partial charge on any atom is 0.231 e. The minimum atomic E-state index is -0.285. The molecule has 0 aliphatic heterocycles. The number of carbonyl (C=O) groups excluding carboxylic acids is 1. The number of amides is 1. The number of hydrogen-bond donors (Lipinski definition) is 2. The molecule has 0 saturated carbocycles. The second-order valence-electron chi connectivity index (χ2n) is 4.91.